The molecule has 0 amide bonds. The number of hydrogen-bond acceptors (Lipinski definition) is 7. The first-order valence-electron chi connectivity index (χ1n) is 9.66. The summed E-state index contributed by atoms with van der Waals surface area (Å²) < 4.78 is 32.5. The molecule has 1 aromatic heterocycles. The number of carboxylic acid groups (broad SMARTS) is 1. The number of pyridine rings is 1. The molecule has 0 spiro atoms. The van der Waals surface area contributed by atoms with Crippen molar-refractivity contribution in [1.82, 2.24) is 19.9 Å². The number of nitrogens with zero attached hydrogens (tertiary/aromatic N) is 2. The molecule has 0 saturated carbocycles. The average molecular weight is 435 g/mol. The molecule has 0 radical (unpaired) electrons. The van der Waals surface area contributed by atoms with Crippen LogP contribution >= 0.6 is 0 Å². The van der Waals surface area contributed by atoms with Crippen molar-refractivity contribution in [2.75, 3.05) is 33.3 Å². The van der Waals surface area contributed by atoms with Crippen molar-refractivity contribution in [2.45, 2.75) is 23.4 Å². The summed E-state index contributed by atoms with van der Waals surface area (Å²) in [7, 11) is -1.89. The standard InChI is InChI=1S/C20H26N4O5S/c1-24-11-10-22-14-19(24)15-4-6-16(7-5-15)29-12-8-18(20(25)26)23-30(27,28)17-3-2-9-21-13-17/h2-7,9,13,18-19,22-23H,8,10-12,14H2,1H3,(H,25,26)/t18-,19?/m0/s1. The fourth-order valence-corrected chi connectivity index (χ4v) is 4.44. The van der Waals surface area contributed by atoms with Gasteiger partial charge in [0.25, 0.3) is 0 Å². The van der Waals surface area contributed by atoms with Gasteiger partial charge in [-0.05, 0) is 36.9 Å². The van der Waals surface area contributed by atoms with Gasteiger partial charge in [0.1, 0.15) is 16.7 Å². The predicted octanol–water partition coefficient (Wildman–Crippen LogP) is 0.858. The minimum atomic E-state index is -3.98. The van der Waals surface area contributed by atoms with E-state index in [-0.39, 0.29) is 17.9 Å². The number of aliphatic carboxylic acids is 1. The van der Waals surface area contributed by atoms with Crippen LogP contribution in [0.15, 0.2) is 53.7 Å². The molecular weight excluding hydrogens is 408 g/mol. The van der Waals surface area contributed by atoms with Gasteiger partial charge >= 0.3 is 5.97 Å². The maximum Gasteiger partial charge on any atom is 0.321 e. The van der Waals surface area contributed by atoms with E-state index in [1.807, 2.05) is 24.3 Å². The Kier molecular flexibility index (Phi) is 7.38. The lowest BCUT2D eigenvalue weighted by Crippen LogP contribution is -2.43. The van der Waals surface area contributed by atoms with Gasteiger partial charge in [-0.25, -0.2) is 8.42 Å². The van der Waals surface area contributed by atoms with E-state index in [0.29, 0.717) is 11.8 Å². The largest absolute Gasteiger partial charge is 0.494 e. The number of sulfonamides is 1. The molecule has 3 rings (SSSR count). The van der Waals surface area contributed by atoms with Crippen LogP contribution in [0.4, 0.5) is 0 Å². The molecule has 1 aliphatic heterocycles. The molecule has 1 unspecified atom stereocenters. The fourth-order valence-electron chi connectivity index (χ4n) is 3.25. The van der Waals surface area contributed by atoms with E-state index in [1.54, 1.807) is 0 Å². The second kappa shape index (κ2) is 9.98. The number of carbonyl (C=O) groups is 1. The van der Waals surface area contributed by atoms with Crippen LogP contribution in [0.25, 0.3) is 0 Å². The summed E-state index contributed by atoms with van der Waals surface area (Å²) in [5.41, 5.74) is 1.17. The monoisotopic (exact) mass is 434 g/mol. The third kappa shape index (κ3) is 5.76. The minimum Gasteiger partial charge on any atom is -0.494 e. The first kappa shape index (κ1) is 22.2. The zero-order valence-corrected chi connectivity index (χ0v) is 17.5. The maximum atomic E-state index is 12.3. The van der Waals surface area contributed by atoms with Gasteiger partial charge in [-0.1, -0.05) is 12.1 Å². The highest BCUT2D eigenvalue weighted by molar-refractivity contribution is 7.89. The van der Waals surface area contributed by atoms with Crippen molar-refractivity contribution in [3.63, 3.8) is 0 Å². The highest BCUT2D eigenvalue weighted by Crippen LogP contribution is 2.23. The van der Waals surface area contributed by atoms with E-state index in [2.05, 4.69) is 27.0 Å². The summed E-state index contributed by atoms with van der Waals surface area (Å²) in [6.07, 6.45) is 2.58. The van der Waals surface area contributed by atoms with Gasteiger partial charge < -0.3 is 15.2 Å². The van der Waals surface area contributed by atoms with Crippen LogP contribution in [0.5, 0.6) is 5.75 Å². The van der Waals surface area contributed by atoms with E-state index in [9.17, 15) is 18.3 Å². The molecule has 2 aromatic rings. The number of rotatable bonds is 9. The maximum absolute atomic E-state index is 12.3. The number of hydrogen-bond donors (Lipinski definition) is 3. The van der Waals surface area contributed by atoms with E-state index >= 15 is 0 Å². The van der Waals surface area contributed by atoms with Crippen molar-refractivity contribution in [3.05, 3.63) is 54.4 Å². The van der Waals surface area contributed by atoms with Crippen molar-refractivity contribution in [1.29, 1.82) is 0 Å². The number of piperazine rings is 1. The first-order chi connectivity index (χ1) is 14.4. The van der Waals surface area contributed by atoms with E-state index in [4.69, 9.17) is 4.74 Å². The summed E-state index contributed by atoms with van der Waals surface area (Å²) in [5.74, 6) is -0.668. The SMILES string of the molecule is CN1CCNCC1c1ccc(OCC[C@H](NS(=O)(=O)c2cccnc2)C(=O)O)cc1. The molecule has 162 valence electrons. The summed E-state index contributed by atoms with van der Waals surface area (Å²) >= 11 is 0. The molecule has 1 aliphatic rings. The molecule has 1 saturated heterocycles. The van der Waals surface area contributed by atoms with Crippen LogP contribution in [0.3, 0.4) is 0 Å². The highest BCUT2D eigenvalue weighted by Gasteiger charge is 2.25. The lowest BCUT2D eigenvalue weighted by atomic mass is 10.0. The highest BCUT2D eigenvalue weighted by atomic mass is 32.2. The number of aromatic nitrogens is 1. The molecular formula is C20H26N4O5S. The Morgan fingerprint density at radius 1 is 1.37 bits per heavy atom. The van der Waals surface area contributed by atoms with Crippen LogP contribution in [0, 0.1) is 0 Å². The minimum absolute atomic E-state index is 0.0220. The van der Waals surface area contributed by atoms with Crippen molar-refractivity contribution in [2.24, 2.45) is 0 Å². The van der Waals surface area contributed by atoms with Crippen molar-refractivity contribution < 1.29 is 23.1 Å². The normalized spacial score (nSPS) is 18.6. The van der Waals surface area contributed by atoms with Crippen LogP contribution < -0.4 is 14.8 Å². The Morgan fingerprint density at radius 2 is 2.13 bits per heavy atom. The molecule has 1 fully saturated rings. The van der Waals surface area contributed by atoms with Gasteiger partial charge in [0.15, 0.2) is 0 Å². The molecule has 0 bridgehead atoms. The zero-order chi connectivity index (χ0) is 21.6. The van der Waals surface area contributed by atoms with Crippen LogP contribution in [0.2, 0.25) is 0 Å². The molecule has 30 heavy (non-hydrogen) atoms. The van der Waals surface area contributed by atoms with Gasteiger partial charge in [0, 0.05) is 44.5 Å². The van der Waals surface area contributed by atoms with Crippen LogP contribution in [-0.4, -0.2) is 68.7 Å². The summed E-state index contributed by atoms with van der Waals surface area (Å²) in [6.45, 7) is 2.89. The number of carboxylic acids is 1. The Bertz CT molecular complexity index is 937. The second-order valence-corrected chi connectivity index (χ2v) is 8.82. The first-order valence-corrected chi connectivity index (χ1v) is 11.1. The summed E-state index contributed by atoms with van der Waals surface area (Å²) in [4.78, 5) is 17.4. The fraction of sp³-hybridized carbons (Fsp3) is 0.400. The molecule has 0 aliphatic carbocycles. The molecule has 1 aromatic carbocycles. The molecule has 10 heteroatoms. The van der Waals surface area contributed by atoms with Gasteiger partial charge in [-0.15, -0.1) is 0 Å². The Morgan fingerprint density at radius 3 is 2.77 bits per heavy atom. The third-order valence-electron chi connectivity index (χ3n) is 4.99. The Labute approximate surface area is 176 Å². The lowest BCUT2D eigenvalue weighted by Gasteiger charge is -2.33. The van der Waals surface area contributed by atoms with Gasteiger partial charge in [-0.2, -0.15) is 4.72 Å². The van der Waals surface area contributed by atoms with Crippen molar-refractivity contribution in [3.8, 4) is 5.75 Å². The molecule has 2 heterocycles. The third-order valence-corrected chi connectivity index (χ3v) is 6.45. The number of likely N-dealkylation sites (N-methyl/N-ethyl adjacent to an activating group) is 1. The van der Waals surface area contributed by atoms with Gasteiger partial charge in [-0.3, -0.25) is 14.7 Å². The Balaban J connectivity index is 1.55. The van der Waals surface area contributed by atoms with Gasteiger partial charge in [0.05, 0.1) is 6.61 Å². The predicted molar refractivity (Wildman–Crippen MR) is 111 cm³/mol. The number of benzene rings is 1. The molecule has 9 nitrogen and oxygen atoms in total. The lowest BCUT2D eigenvalue weighted by molar-refractivity contribution is -0.139. The molecule has 2 atom stereocenters. The van der Waals surface area contributed by atoms with Crippen LogP contribution in [-0.2, 0) is 14.8 Å². The van der Waals surface area contributed by atoms with Gasteiger partial charge in [0.2, 0.25) is 10.0 Å². The second-order valence-electron chi connectivity index (χ2n) is 7.11. The number of ether oxygens (including phenoxy) is 1. The number of nitrogens with one attached hydrogen (secondary N) is 2. The van der Waals surface area contributed by atoms with E-state index < -0.39 is 22.0 Å². The smallest absolute Gasteiger partial charge is 0.321 e. The van der Waals surface area contributed by atoms with Crippen molar-refractivity contribution >= 4 is 16.0 Å². The summed E-state index contributed by atoms with van der Waals surface area (Å²) in [5, 5.41) is 12.8. The van der Waals surface area contributed by atoms with E-state index in [0.717, 1.165) is 19.6 Å². The average Bonchev–Trinajstić information content (AvgIpc) is 2.74. The summed E-state index contributed by atoms with van der Waals surface area (Å²) in [6, 6.07) is 9.47. The zero-order valence-electron chi connectivity index (χ0n) is 16.7. The quantitative estimate of drug-likeness (QED) is 0.531. The van der Waals surface area contributed by atoms with E-state index in [1.165, 1.54) is 30.1 Å². The topological polar surface area (TPSA) is 121 Å². The van der Waals surface area contributed by atoms with Crippen LogP contribution in [0.1, 0.15) is 18.0 Å². The Hall–Kier alpha value is -2.53. The molecule has 3 N–H and O–H groups in total.